The van der Waals surface area contributed by atoms with Crippen molar-refractivity contribution >= 4 is 5.82 Å². The van der Waals surface area contributed by atoms with Crippen LogP contribution >= 0.6 is 0 Å². The summed E-state index contributed by atoms with van der Waals surface area (Å²) < 4.78 is 5.64. The first kappa shape index (κ1) is 10.8. The first-order chi connectivity index (χ1) is 7.69. The van der Waals surface area contributed by atoms with Crippen molar-refractivity contribution in [2.75, 3.05) is 18.0 Å². The van der Waals surface area contributed by atoms with E-state index < -0.39 is 0 Å². The van der Waals surface area contributed by atoms with Crippen molar-refractivity contribution in [1.82, 2.24) is 9.97 Å². The third-order valence-corrected chi connectivity index (χ3v) is 2.48. The molecule has 0 bridgehead atoms. The van der Waals surface area contributed by atoms with E-state index in [1.165, 1.54) is 0 Å². The maximum atomic E-state index is 8.75. The van der Waals surface area contributed by atoms with Gasteiger partial charge in [-0.15, -0.1) is 0 Å². The lowest BCUT2D eigenvalue weighted by molar-refractivity contribution is -0.00547. The summed E-state index contributed by atoms with van der Waals surface area (Å²) in [5.41, 5.74) is 0. The Labute approximate surface area is 94.7 Å². The summed E-state index contributed by atoms with van der Waals surface area (Å²) in [6.45, 7) is 5.67. The van der Waals surface area contributed by atoms with Gasteiger partial charge in [0.2, 0.25) is 5.82 Å². The molecule has 0 saturated carbocycles. The molecule has 5 heteroatoms. The Morgan fingerprint density at radius 2 is 2.12 bits per heavy atom. The van der Waals surface area contributed by atoms with Gasteiger partial charge in [0.25, 0.3) is 0 Å². The van der Waals surface area contributed by atoms with Crippen LogP contribution in [0, 0.1) is 11.3 Å². The molecule has 5 nitrogen and oxygen atoms in total. The molecular weight excluding hydrogens is 204 g/mol. The summed E-state index contributed by atoms with van der Waals surface area (Å²) >= 11 is 0. The fraction of sp³-hybridized carbons (Fsp3) is 0.545. The second-order valence-corrected chi connectivity index (χ2v) is 4.01. The van der Waals surface area contributed by atoms with Gasteiger partial charge in [-0.2, -0.15) is 5.26 Å². The molecule has 2 atom stereocenters. The molecule has 1 saturated heterocycles. The lowest BCUT2D eigenvalue weighted by Crippen LogP contribution is -2.45. The van der Waals surface area contributed by atoms with Crippen LogP contribution in [-0.2, 0) is 4.74 Å². The van der Waals surface area contributed by atoms with Crippen LogP contribution in [0.3, 0.4) is 0 Å². The molecular formula is C11H14N4O. The zero-order chi connectivity index (χ0) is 11.5. The minimum Gasteiger partial charge on any atom is -0.372 e. The van der Waals surface area contributed by atoms with E-state index in [0.717, 1.165) is 18.9 Å². The number of hydrogen-bond acceptors (Lipinski definition) is 5. The van der Waals surface area contributed by atoms with Crippen molar-refractivity contribution in [1.29, 1.82) is 5.26 Å². The van der Waals surface area contributed by atoms with Gasteiger partial charge in [0, 0.05) is 19.3 Å². The molecule has 16 heavy (non-hydrogen) atoms. The summed E-state index contributed by atoms with van der Waals surface area (Å²) in [6, 6.07) is 3.77. The minimum absolute atomic E-state index is 0.184. The fourth-order valence-corrected chi connectivity index (χ4v) is 1.94. The maximum absolute atomic E-state index is 8.75. The van der Waals surface area contributed by atoms with E-state index in [-0.39, 0.29) is 18.0 Å². The van der Waals surface area contributed by atoms with Gasteiger partial charge in [0.05, 0.1) is 12.2 Å². The van der Waals surface area contributed by atoms with Crippen LogP contribution in [0.4, 0.5) is 5.82 Å². The Bertz CT molecular complexity index is 405. The molecule has 0 radical (unpaired) electrons. The minimum atomic E-state index is 0.184. The predicted octanol–water partition coefficient (Wildman–Crippen LogP) is 0.962. The van der Waals surface area contributed by atoms with Crippen LogP contribution in [0.15, 0.2) is 12.3 Å². The number of nitrogens with zero attached hydrogens (tertiary/aromatic N) is 4. The SMILES string of the molecule is CC1CN(c2ccnc(C#N)n2)CC(C)O1. The molecule has 84 valence electrons. The molecule has 1 fully saturated rings. The van der Waals surface area contributed by atoms with E-state index in [4.69, 9.17) is 10.00 Å². The average molecular weight is 218 g/mol. The molecule has 1 aromatic heterocycles. The van der Waals surface area contributed by atoms with Gasteiger partial charge in [-0.3, -0.25) is 0 Å². The summed E-state index contributed by atoms with van der Waals surface area (Å²) in [5.74, 6) is 1.01. The molecule has 0 aliphatic carbocycles. The van der Waals surface area contributed by atoms with E-state index in [1.54, 1.807) is 6.20 Å². The Balaban J connectivity index is 2.20. The van der Waals surface area contributed by atoms with Gasteiger partial charge in [-0.1, -0.05) is 0 Å². The highest BCUT2D eigenvalue weighted by Gasteiger charge is 2.23. The van der Waals surface area contributed by atoms with Gasteiger partial charge in [0.1, 0.15) is 11.9 Å². The lowest BCUT2D eigenvalue weighted by atomic mass is 10.2. The summed E-state index contributed by atoms with van der Waals surface area (Å²) in [7, 11) is 0. The van der Waals surface area contributed by atoms with Crippen molar-refractivity contribution in [2.45, 2.75) is 26.1 Å². The summed E-state index contributed by atoms with van der Waals surface area (Å²) in [5, 5.41) is 8.75. The van der Waals surface area contributed by atoms with Crippen LogP contribution in [-0.4, -0.2) is 35.3 Å². The fourth-order valence-electron chi connectivity index (χ4n) is 1.94. The Kier molecular flexibility index (Phi) is 3.02. The van der Waals surface area contributed by atoms with Gasteiger partial charge >= 0.3 is 0 Å². The highest BCUT2D eigenvalue weighted by atomic mass is 16.5. The molecule has 0 aromatic carbocycles. The number of ether oxygens (including phenoxy) is 1. The van der Waals surface area contributed by atoms with E-state index in [9.17, 15) is 0 Å². The van der Waals surface area contributed by atoms with E-state index >= 15 is 0 Å². The molecule has 1 aliphatic rings. The molecule has 1 aliphatic heterocycles. The number of rotatable bonds is 1. The number of aromatic nitrogens is 2. The third kappa shape index (κ3) is 2.28. The Morgan fingerprint density at radius 1 is 1.44 bits per heavy atom. The maximum Gasteiger partial charge on any atom is 0.234 e. The second kappa shape index (κ2) is 4.45. The van der Waals surface area contributed by atoms with Gasteiger partial charge in [-0.05, 0) is 19.9 Å². The zero-order valence-corrected chi connectivity index (χ0v) is 9.42. The third-order valence-electron chi connectivity index (χ3n) is 2.48. The summed E-state index contributed by atoms with van der Waals surface area (Å²) in [6.07, 6.45) is 1.99. The quantitative estimate of drug-likeness (QED) is 0.702. The highest BCUT2D eigenvalue weighted by molar-refractivity contribution is 5.39. The van der Waals surface area contributed by atoms with E-state index in [1.807, 2.05) is 26.0 Å². The largest absolute Gasteiger partial charge is 0.372 e. The highest BCUT2D eigenvalue weighted by Crippen LogP contribution is 2.17. The van der Waals surface area contributed by atoms with Crippen molar-refractivity contribution < 1.29 is 4.74 Å². The molecule has 2 unspecified atom stereocenters. The van der Waals surface area contributed by atoms with E-state index in [2.05, 4.69) is 14.9 Å². The first-order valence-corrected chi connectivity index (χ1v) is 5.32. The number of morpholine rings is 1. The summed E-state index contributed by atoms with van der Waals surface area (Å²) in [4.78, 5) is 10.2. The Morgan fingerprint density at radius 3 is 2.75 bits per heavy atom. The smallest absolute Gasteiger partial charge is 0.234 e. The molecule has 1 aromatic rings. The van der Waals surface area contributed by atoms with Crippen molar-refractivity contribution in [3.8, 4) is 6.07 Å². The molecule has 0 amide bonds. The van der Waals surface area contributed by atoms with Gasteiger partial charge < -0.3 is 9.64 Å². The Hall–Kier alpha value is -1.67. The van der Waals surface area contributed by atoms with Crippen LogP contribution in [0.25, 0.3) is 0 Å². The molecule has 2 rings (SSSR count). The van der Waals surface area contributed by atoms with Gasteiger partial charge in [0.15, 0.2) is 0 Å². The number of hydrogen-bond donors (Lipinski definition) is 0. The number of anilines is 1. The normalized spacial score (nSPS) is 25.2. The van der Waals surface area contributed by atoms with Crippen LogP contribution in [0.2, 0.25) is 0 Å². The van der Waals surface area contributed by atoms with Crippen molar-refractivity contribution in [3.63, 3.8) is 0 Å². The van der Waals surface area contributed by atoms with E-state index in [0.29, 0.717) is 0 Å². The first-order valence-electron chi connectivity index (χ1n) is 5.32. The molecule has 2 heterocycles. The monoisotopic (exact) mass is 218 g/mol. The molecule has 0 spiro atoms. The van der Waals surface area contributed by atoms with Crippen molar-refractivity contribution in [3.05, 3.63) is 18.1 Å². The van der Waals surface area contributed by atoms with Crippen LogP contribution in [0.1, 0.15) is 19.7 Å². The van der Waals surface area contributed by atoms with Crippen LogP contribution < -0.4 is 4.90 Å². The average Bonchev–Trinajstić information content (AvgIpc) is 2.28. The predicted molar refractivity (Wildman–Crippen MR) is 59.0 cm³/mol. The van der Waals surface area contributed by atoms with Crippen LogP contribution in [0.5, 0.6) is 0 Å². The lowest BCUT2D eigenvalue weighted by Gasteiger charge is -2.35. The standard InChI is InChI=1S/C11H14N4O/c1-8-6-15(7-9(2)16-8)11-3-4-13-10(5-12)14-11/h3-4,8-9H,6-7H2,1-2H3. The van der Waals surface area contributed by atoms with Crippen molar-refractivity contribution in [2.24, 2.45) is 0 Å². The zero-order valence-electron chi connectivity index (χ0n) is 9.42. The topological polar surface area (TPSA) is 62.0 Å². The van der Waals surface area contributed by atoms with Gasteiger partial charge in [-0.25, -0.2) is 9.97 Å². The number of nitriles is 1. The second-order valence-electron chi connectivity index (χ2n) is 4.01. The molecule has 0 N–H and O–H groups in total.